The zero-order chi connectivity index (χ0) is 15.4. The topological polar surface area (TPSA) is 63.4 Å². The Hall–Kier alpha value is -1.28. The lowest BCUT2D eigenvalue weighted by atomic mass is 10.2. The van der Waals surface area contributed by atoms with E-state index in [1.165, 1.54) is 18.2 Å². The maximum Gasteiger partial charge on any atom is 0.501 e. The van der Waals surface area contributed by atoms with Crippen molar-refractivity contribution in [2.24, 2.45) is 5.73 Å². The van der Waals surface area contributed by atoms with Crippen LogP contribution < -0.4 is 10.6 Å². The van der Waals surface area contributed by atoms with Crippen LogP contribution in [0.3, 0.4) is 0 Å². The summed E-state index contributed by atoms with van der Waals surface area (Å²) in [4.78, 5) is 0.827. The van der Waals surface area contributed by atoms with Crippen LogP contribution in [0, 0.1) is 0 Å². The number of benzene rings is 1. The number of nitrogens with two attached hydrogens (primary N) is 1. The van der Waals surface area contributed by atoms with Crippen molar-refractivity contribution in [3.05, 3.63) is 24.3 Å². The second-order valence-corrected chi connectivity index (χ2v) is 6.10. The highest BCUT2D eigenvalue weighted by Crippen LogP contribution is 2.35. The summed E-state index contributed by atoms with van der Waals surface area (Å²) in [5.41, 5.74) is 0.152. The number of hydrogen-bond donors (Lipinski definition) is 1. The van der Waals surface area contributed by atoms with Crippen LogP contribution in [0.2, 0.25) is 0 Å². The SMILES string of the molecule is CCCN(CCN)c1ccccc1S(=O)(=O)C(F)(F)F. The molecule has 2 N–H and O–H groups in total. The molecule has 0 saturated heterocycles. The first kappa shape index (κ1) is 16.8. The van der Waals surface area contributed by atoms with Gasteiger partial charge >= 0.3 is 5.51 Å². The quantitative estimate of drug-likeness (QED) is 0.874. The van der Waals surface area contributed by atoms with Gasteiger partial charge in [-0.2, -0.15) is 13.2 Å². The van der Waals surface area contributed by atoms with Crippen molar-refractivity contribution < 1.29 is 21.6 Å². The normalized spacial score (nSPS) is 12.4. The molecule has 0 amide bonds. The predicted molar refractivity (Wildman–Crippen MR) is 71.2 cm³/mol. The van der Waals surface area contributed by atoms with Crippen LogP contribution in [0.15, 0.2) is 29.2 Å². The van der Waals surface area contributed by atoms with Crippen molar-refractivity contribution in [3.63, 3.8) is 0 Å². The van der Waals surface area contributed by atoms with Crippen LogP contribution in [-0.4, -0.2) is 33.6 Å². The Morgan fingerprint density at radius 1 is 1.20 bits per heavy atom. The molecule has 0 saturated carbocycles. The molecule has 0 unspecified atom stereocenters. The van der Waals surface area contributed by atoms with E-state index < -0.39 is 20.2 Å². The minimum Gasteiger partial charge on any atom is -0.369 e. The first-order chi connectivity index (χ1) is 9.25. The summed E-state index contributed by atoms with van der Waals surface area (Å²) >= 11 is 0. The number of nitrogens with zero attached hydrogens (tertiary/aromatic N) is 1. The van der Waals surface area contributed by atoms with E-state index in [0.717, 1.165) is 6.07 Å². The minimum absolute atomic E-state index is 0.0390. The number of alkyl halides is 3. The maximum absolute atomic E-state index is 12.7. The maximum atomic E-state index is 12.7. The first-order valence-corrected chi connectivity index (χ1v) is 7.59. The molecule has 0 fully saturated rings. The van der Waals surface area contributed by atoms with Gasteiger partial charge in [0.05, 0.1) is 10.6 Å². The highest BCUT2D eigenvalue weighted by molar-refractivity contribution is 7.92. The zero-order valence-corrected chi connectivity index (χ0v) is 11.8. The van der Waals surface area contributed by atoms with Crippen LogP contribution in [0.5, 0.6) is 0 Å². The molecule has 114 valence electrons. The van der Waals surface area contributed by atoms with E-state index in [0.29, 0.717) is 13.0 Å². The molecule has 20 heavy (non-hydrogen) atoms. The van der Waals surface area contributed by atoms with Crippen molar-refractivity contribution in [2.45, 2.75) is 23.7 Å². The number of rotatable bonds is 6. The highest BCUT2D eigenvalue weighted by atomic mass is 32.2. The van der Waals surface area contributed by atoms with E-state index in [9.17, 15) is 21.6 Å². The third-order valence-corrected chi connectivity index (χ3v) is 4.23. The Morgan fingerprint density at radius 2 is 1.80 bits per heavy atom. The standard InChI is InChI=1S/C12H17F3N2O2S/c1-2-8-17(9-7-16)10-5-3-4-6-11(10)20(18,19)12(13,14)15/h3-6H,2,7-9,16H2,1H3. The highest BCUT2D eigenvalue weighted by Gasteiger charge is 2.48. The number of para-hydroxylation sites is 1. The van der Waals surface area contributed by atoms with E-state index in [-0.39, 0.29) is 18.8 Å². The Bertz CT molecular complexity index is 538. The van der Waals surface area contributed by atoms with Gasteiger partial charge in [-0.25, -0.2) is 8.42 Å². The molecule has 8 heteroatoms. The predicted octanol–water partition coefficient (Wildman–Crippen LogP) is 2.16. The van der Waals surface area contributed by atoms with E-state index in [4.69, 9.17) is 5.73 Å². The lowest BCUT2D eigenvalue weighted by molar-refractivity contribution is -0.0435. The van der Waals surface area contributed by atoms with Gasteiger partial charge in [-0.3, -0.25) is 0 Å². The molecule has 0 atom stereocenters. The van der Waals surface area contributed by atoms with Gasteiger partial charge in [-0.15, -0.1) is 0 Å². The van der Waals surface area contributed by atoms with Crippen LogP contribution in [0.4, 0.5) is 18.9 Å². The van der Waals surface area contributed by atoms with Gasteiger partial charge in [-0.05, 0) is 18.6 Å². The first-order valence-electron chi connectivity index (χ1n) is 6.11. The van der Waals surface area contributed by atoms with Gasteiger partial charge in [0, 0.05) is 19.6 Å². The van der Waals surface area contributed by atoms with E-state index in [2.05, 4.69) is 0 Å². The van der Waals surface area contributed by atoms with Gasteiger partial charge < -0.3 is 10.6 Å². The van der Waals surface area contributed by atoms with Crippen LogP contribution in [-0.2, 0) is 9.84 Å². The molecular formula is C12H17F3N2O2S. The summed E-state index contributed by atoms with van der Waals surface area (Å²) < 4.78 is 61.3. The fraction of sp³-hybridized carbons (Fsp3) is 0.500. The molecule has 0 aliphatic heterocycles. The molecule has 0 heterocycles. The summed E-state index contributed by atoms with van der Waals surface area (Å²) in [6.45, 7) is 2.80. The summed E-state index contributed by atoms with van der Waals surface area (Å²) in [6, 6.07) is 5.11. The summed E-state index contributed by atoms with van der Waals surface area (Å²) in [6.07, 6.45) is 0.667. The van der Waals surface area contributed by atoms with Crippen molar-refractivity contribution in [1.82, 2.24) is 0 Å². The molecule has 4 nitrogen and oxygen atoms in total. The third kappa shape index (κ3) is 3.43. The van der Waals surface area contributed by atoms with Gasteiger partial charge in [0.15, 0.2) is 0 Å². The second kappa shape index (κ2) is 6.45. The van der Waals surface area contributed by atoms with Crippen molar-refractivity contribution in [3.8, 4) is 0 Å². The Balaban J connectivity index is 3.37. The van der Waals surface area contributed by atoms with Gasteiger partial charge in [0.1, 0.15) is 0 Å². The summed E-state index contributed by atoms with van der Waals surface area (Å²) in [5, 5.41) is 0. The number of halogens is 3. The smallest absolute Gasteiger partial charge is 0.369 e. The van der Waals surface area contributed by atoms with Gasteiger partial charge in [-0.1, -0.05) is 19.1 Å². The molecular weight excluding hydrogens is 293 g/mol. The molecule has 0 radical (unpaired) electrons. The Morgan fingerprint density at radius 3 is 2.30 bits per heavy atom. The molecule has 0 aliphatic rings. The van der Waals surface area contributed by atoms with Crippen molar-refractivity contribution in [1.29, 1.82) is 0 Å². The summed E-state index contributed by atoms with van der Waals surface area (Å²) in [5.74, 6) is 0. The van der Waals surface area contributed by atoms with Crippen LogP contribution in [0.1, 0.15) is 13.3 Å². The van der Waals surface area contributed by atoms with E-state index >= 15 is 0 Å². The molecule has 0 aliphatic carbocycles. The molecule has 0 bridgehead atoms. The molecule has 1 rings (SSSR count). The monoisotopic (exact) mass is 310 g/mol. The zero-order valence-electron chi connectivity index (χ0n) is 11.0. The molecule has 1 aromatic rings. The second-order valence-electron chi connectivity index (χ2n) is 4.19. The largest absolute Gasteiger partial charge is 0.501 e. The van der Waals surface area contributed by atoms with Crippen molar-refractivity contribution in [2.75, 3.05) is 24.5 Å². The third-order valence-electron chi connectivity index (χ3n) is 2.69. The van der Waals surface area contributed by atoms with Crippen LogP contribution in [0.25, 0.3) is 0 Å². The fourth-order valence-corrected chi connectivity index (χ4v) is 2.83. The lowest BCUT2D eigenvalue weighted by Crippen LogP contribution is -2.33. The van der Waals surface area contributed by atoms with Crippen molar-refractivity contribution >= 4 is 15.5 Å². The summed E-state index contributed by atoms with van der Waals surface area (Å²) in [7, 11) is -5.37. The molecule has 0 aromatic heterocycles. The van der Waals surface area contributed by atoms with E-state index in [1.807, 2.05) is 6.92 Å². The van der Waals surface area contributed by atoms with Gasteiger partial charge in [0.25, 0.3) is 9.84 Å². The number of hydrogen-bond acceptors (Lipinski definition) is 4. The average molecular weight is 310 g/mol. The van der Waals surface area contributed by atoms with Crippen LogP contribution >= 0.6 is 0 Å². The number of anilines is 1. The average Bonchev–Trinajstić information content (AvgIpc) is 2.37. The molecule has 0 spiro atoms. The number of sulfone groups is 1. The lowest BCUT2D eigenvalue weighted by Gasteiger charge is -2.26. The van der Waals surface area contributed by atoms with E-state index in [1.54, 1.807) is 4.90 Å². The Labute approximate surface area is 116 Å². The fourth-order valence-electron chi connectivity index (χ4n) is 1.85. The Kier molecular flexibility index (Phi) is 5.41. The van der Waals surface area contributed by atoms with Gasteiger partial charge in [0.2, 0.25) is 0 Å². The minimum atomic E-state index is -5.37. The molecule has 1 aromatic carbocycles.